The number of hydrogen-bond donors (Lipinski definition) is 0. The Morgan fingerprint density at radius 2 is 1.88 bits per heavy atom. The highest BCUT2D eigenvalue weighted by Gasteiger charge is 2.13. The van der Waals surface area contributed by atoms with Crippen LogP contribution in [0.25, 0.3) is 10.2 Å². The second kappa shape index (κ2) is 7.24. The van der Waals surface area contributed by atoms with Crippen molar-refractivity contribution in [2.24, 2.45) is 4.99 Å². The first-order valence-electron chi connectivity index (χ1n) is 7.51. The summed E-state index contributed by atoms with van der Waals surface area (Å²) in [5, 5.41) is 0. The van der Waals surface area contributed by atoms with Crippen molar-refractivity contribution in [2.45, 2.75) is 6.54 Å². The van der Waals surface area contributed by atoms with Gasteiger partial charge < -0.3 is 14.0 Å². The molecule has 0 aliphatic carbocycles. The lowest BCUT2D eigenvalue weighted by molar-refractivity contribution is 0.0998. The van der Waals surface area contributed by atoms with Crippen molar-refractivity contribution in [2.75, 3.05) is 14.2 Å². The minimum Gasteiger partial charge on any atom is -0.493 e. The van der Waals surface area contributed by atoms with Crippen LogP contribution in [0.15, 0.2) is 47.5 Å². The maximum Gasteiger partial charge on any atom is 0.279 e. The molecule has 0 saturated heterocycles. The molecule has 0 fully saturated rings. The highest BCUT2D eigenvalue weighted by Crippen LogP contribution is 2.33. The predicted molar refractivity (Wildman–Crippen MR) is 98.1 cm³/mol. The molecule has 25 heavy (non-hydrogen) atoms. The fourth-order valence-corrected chi connectivity index (χ4v) is 3.50. The fourth-order valence-electron chi connectivity index (χ4n) is 2.46. The van der Waals surface area contributed by atoms with Crippen LogP contribution in [-0.2, 0) is 6.54 Å². The third-order valence-corrected chi connectivity index (χ3v) is 4.70. The van der Waals surface area contributed by atoms with E-state index in [-0.39, 0.29) is 5.91 Å². The molecule has 3 aromatic rings. The molecule has 0 atom stereocenters. The molecule has 1 heterocycles. The van der Waals surface area contributed by atoms with Crippen LogP contribution in [0.4, 0.5) is 0 Å². The number of amides is 1. The van der Waals surface area contributed by atoms with E-state index in [2.05, 4.69) is 10.9 Å². The highest BCUT2D eigenvalue weighted by atomic mass is 32.1. The first-order valence-corrected chi connectivity index (χ1v) is 8.32. The Morgan fingerprint density at radius 3 is 2.52 bits per heavy atom. The first-order chi connectivity index (χ1) is 12.2. The molecule has 0 spiro atoms. The van der Waals surface area contributed by atoms with Gasteiger partial charge in [-0.25, -0.2) is 0 Å². The summed E-state index contributed by atoms with van der Waals surface area (Å²) >= 11 is 1.38. The maximum atomic E-state index is 12.4. The van der Waals surface area contributed by atoms with Crippen LogP contribution in [0, 0.1) is 12.3 Å². The summed E-state index contributed by atoms with van der Waals surface area (Å²) in [5.74, 6) is 3.51. The van der Waals surface area contributed by atoms with Gasteiger partial charge in [0, 0.05) is 17.7 Å². The number of carbonyl (C=O) groups excluding carboxylic acids is 1. The molecule has 1 amide bonds. The minimum absolute atomic E-state index is 0.302. The molecule has 0 radical (unpaired) electrons. The lowest BCUT2D eigenvalue weighted by Gasteiger charge is -2.08. The SMILES string of the molecule is C#CCn1c(=NC(=O)c2ccccc2)sc2cc(OC)c(OC)cc21. The van der Waals surface area contributed by atoms with Crippen molar-refractivity contribution < 1.29 is 14.3 Å². The molecule has 126 valence electrons. The monoisotopic (exact) mass is 352 g/mol. The summed E-state index contributed by atoms with van der Waals surface area (Å²) in [6.07, 6.45) is 5.50. The zero-order chi connectivity index (χ0) is 17.8. The van der Waals surface area contributed by atoms with E-state index >= 15 is 0 Å². The first kappa shape index (κ1) is 16.8. The van der Waals surface area contributed by atoms with Gasteiger partial charge in [-0.3, -0.25) is 4.79 Å². The molecule has 6 heteroatoms. The standard InChI is InChI=1S/C19H16N2O3S/c1-4-10-21-14-11-15(23-2)16(24-3)12-17(14)25-19(21)20-18(22)13-8-6-5-7-9-13/h1,5-9,11-12H,10H2,2-3H3. The summed E-state index contributed by atoms with van der Waals surface area (Å²) in [4.78, 5) is 17.2. The summed E-state index contributed by atoms with van der Waals surface area (Å²) in [6.45, 7) is 0.302. The van der Waals surface area contributed by atoms with E-state index in [9.17, 15) is 4.79 Å². The molecule has 2 aromatic carbocycles. The van der Waals surface area contributed by atoms with E-state index in [1.807, 2.05) is 22.8 Å². The Hall–Kier alpha value is -3.04. The van der Waals surface area contributed by atoms with Crippen LogP contribution < -0.4 is 14.3 Å². The van der Waals surface area contributed by atoms with Gasteiger partial charge in [-0.1, -0.05) is 35.5 Å². The minimum atomic E-state index is -0.308. The highest BCUT2D eigenvalue weighted by molar-refractivity contribution is 7.16. The molecule has 1 aromatic heterocycles. The van der Waals surface area contributed by atoms with Crippen LogP contribution in [0.3, 0.4) is 0 Å². The van der Waals surface area contributed by atoms with Crippen molar-refractivity contribution in [3.8, 4) is 23.8 Å². The van der Waals surface area contributed by atoms with Crippen LogP contribution in [0.2, 0.25) is 0 Å². The summed E-state index contributed by atoms with van der Waals surface area (Å²) in [6, 6.07) is 12.6. The Bertz CT molecular complexity index is 1030. The number of nitrogens with zero attached hydrogens (tertiary/aromatic N) is 2. The van der Waals surface area contributed by atoms with E-state index in [1.165, 1.54) is 11.3 Å². The number of carbonyl (C=O) groups is 1. The Morgan fingerprint density at radius 1 is 1.20 bits per heavy atom. The molecule has 0 unspecified atom stereocenters. The second-order valence-electron chi connectivity index (χ2n) is 5.13. The third-order valence-electron chi connectivity index (χ3n) is 3.66. The van der Waals surface area contributed by atoms with Crippen molar-refractivity contribution >= 4 is 27.5 Å². The molecular weight excluding hydrogens is 336 g/mol. The van der Waals surface area contributed by atoms with Gasteiger partial charge in [-0.05, 0) is 12.1 Å². The van der Waals surface area contributed by atoms with Gasteiger partial charge in [0.1, 0.15) is 0 Å². The van der Waals surface area contributed by atoms with Gasteiger partial charge in [0.05, 0.1) is 31.0 Å². The van der Waals surface area contributed by atoms with Crippen molar-refractivity contribution in [3.63, 3.8) is 0 Å². The van der Waals surface area contributed by atoms with E-state index in [4.69, 9.17) is 15.9 Å². The summed E-state index contributed by atoms with van der Waals surface area (Å²) < 4.78 is 13.4. The predicted octanol–water partition coefficient (Wildman–Crippen LogP) is 3.09. The van der Waals surface area contributed by atoms with E-state index in [0.29, 0.717) is 28.4 Å². The largest absolute Gasteiger partial charge is 0.493 e. The van der Waals surface area contributed by atoms with Gasteiger partial charge in [-0.2, -0.15) is 4.99 Å². The van der Waals surface area contributed by atoms with E-state index in [1.54, 1.807) is 38.5 Å². The molecule has 0 bridgehead atoms. The van der Waals surface area contributed by atoms with Crippen LogP contribution >= 0.6 is 11.3 Å². The Balaban J connectivity index is 2.21. The number of terminal acetylenes is 1. The van der Waals surface area contributed by atoms with Crippen molar-refractivity contribution in [1.29, 1.82) is 0 Å². The molecule has 5 nitrogen and oxygen atoms in total. The third kappa shape index (κ3) is 3.28. The number of fused-ring (bicyclic) bond motifs is 1. The lowest BCUT2D eigenvalue weighted by atomic mass is 10.2. The lowest BCUT2D eigenvalue weighted by Crippen LogP contribution is -2.16. The zero-order valence-corrected chi connectivity index (χ0v) is 14.7. The quantitative estimate of drug-likeness (QED) is 0.678. The number of aromatic nitrogens is 1. The number of hydrogen-bond acceptors (Lipinski definition) is 4. The Labute approximate surface area is 149 Å². The molecule has 0 aliphatic heterocycles. The topological polar surface area (TPSA) is 52.8 Å². The van der Waals surface area contributed by atoms with Crippen LogP contribution in [0.5, 0.6) is 11.5 Å². The number of thiazole rings is 1. The molecule has 0 saturated carbocycles. The van der Waals surface area contributed by atoms with Crippen LogP contribution in [0.1, 0.15) is 10.4 Å². The summed E-state index contributed by atoms with van der Waals surface area (Å²) in [7, 11) is 3.16. The zero-order valence-electron chi connectivity index (χ0n) is 13.9. The van der Waals surface area contributed by atoms with Crippen molar-refractivity contribution in [3.05, 3.63) is 52.8 Å². The molecule has 3 rings (SSSR count). The maximum absolute atomic E-state index is 12.4. The number of methoxy groups -OCH3 is 2. The molecular formula is C19H16N2O3S. The Kier molecular flexibility index (Phi) is 4.87. The van der Waals surface area contributed by atoms with Gasteiger partial charge in [0.15, 0.2) is 16.3 Å². The van der Waals surface area contributed by atoms with E-state index < -0.39 is 0 Å². The normalized spacial score (nSPS) is 11.3. The smallest absolute Gasteiger partial charge is 0.279 e. The van der Waals surface area contributed by atoms with Gasteiger partial charge >= 0.3 is 0 Å². The van der Waals surface area contributed by atoms with Gasteiger partial charge in [0.25, 0.3) is 5.91 Å². The van der Waals surface area contributed by atoms with Crippen molar-refractivity contribution in [1.82, 2.24) is 4.57 Å². The summed E-state index contributed by atoms with van der Waals surface area (Å²) in [5.41, 5.74) is 1.38. The van der Waals surface area contributed by atoms with Gasteiger partial charge in [-0.15, -0.1) is 6.42 Å². The molecule has 0 N–H and O–H groups in total. The number of benzene rings is 2. The average Bonchev–Trinajstić information content (AvgIpc) is 2.97. The van der Waals surface area contributed by atoms with Crippen LogP contribution in [-0.4, -0.2) is 24.7 Å². The second-order valence-corrected chi connectivity index (χ2v) is 6.14. The average molecular weight is 352 g/mol. The molecule has 0 aliphatic rings. The number of ether oxygens (including phenoxy) is 2. The fraction of sp³-hybridized carbons (Fsp3) is 0.158. The number of rotatable bonds is 4. The van der Waals surface area contributed by atoms with Gasteiger partial charge in [0.2, 0.25) is 0 Å². The van der Waals surface area contributed by atoms with E-state index in [0.717, 1.165) is 10.2 Å².